The van der Waals surface area contributed by atoms with E-state index >= 15 is 0 Å². The number of hydrogen-bond donors (Lipinski definition) is 3. The zero-order chi connectivity index (χ0) is 17.7. The maximum absolute atomic E-state index is 11.9. The quantitative estimate of drug-likeness (QED) is 0.708. The molecule has 126 valence electrons. The summed E-state index contributed by atoms with van der Waals surface area (Å²) < 4.78 is 5.20. The summed E-state index contributed by atoms with van der Waals surface area (Å²) in [4.78, 5) is 37.5. The van der Waals surface area contributed by atoms with Gasteiger partial charge in [-0.25, -0.2) is 4.98 Å². The number of hydrogen-bond acceptors (Lipinski definition) is 5. The van der Waals surface area contributed by atoms with E-state index in [0.717, 1.165) is 6.26 Å². The van der Waals surface area contributed by atoms with Crippen LogP contribution in [0.1, 0.15) is 10.5 Å². The molecule has 1 aromatic carbocycles. The van der Waals surface area contributed by atoms with Gasteiger partial charge in [-0.3, -0.25) is 14.4 Å². The fraction of sp³-hybridized carbons (Fsp3) is 0.143. The van der Waals surface area contributed by atoms with E-state index in [1.807, 2.05) is 0 Å². The molecular formula is C14H11Cl2N3O5. The molecule has 24 heavy (non-hydrogen) atoms. The van der Waals surface area contributed by atoms with Crippen LogP contribution in [0.5, 0.6) is 0 Å². The van der Waals surface area contributed by atoms with Crippen molar-refractivity contribution in [2.45, 2.75) is 0 Å². The molecule has 3 N–H and O–H groups in total. The number of benzene rings is 1. The Bertz CT molecular complexity index is 790. The minimum absolute atomic E-state index is 0.0397. The van der Waals surface area contributed by atoms with E-state index in [0.29, 0.717) is 15.6 Å². The SMILES string of the molecule is O=C(O)CNC(=O)CNC(=O)c1coc(-c2ccc(Cl)c(Cl)c2)n1. The van der Waals surface area contributed by atoms with Gasteiger partial charge in [0, 0.05) is 5.56 Å². The number of oxazole rings is 1. The number of carbonyl (C=O) groups excluding carboxylic acids is 2. The molecule has 0 aliphatic heterocycles. The third-order valence-electron chi connectivity index (χ3n) is 2.75. The van der Waals surface area contributed by atoms with E-state index in [9.17, 15) is 14.4 Å². The van der Waals surface area contributed by atoms with Crippen molar-refractivity contribution < 1.29 is 23.9 Å². The third-order valence-corrected chi connectivity index (χ3v) is 3.49. The predicted molar refractivity (Wildman–Crippen MR) is 84.9 cm³/mol. The minimum atomic E-state index is -1.18. The molecule has 10 heteroatoms. The van der Waals surface area contributed by atoms with Crippen LogP contribution >= 0.6 is 23.2 Å². The molecule has 0 spiro atoms. The molecule has 0 unspecified atom stereocenters. The number of carboxylic acids is 1. The number of amides is 2. The maximum atomic E-state index is 11.9. The Morgan fingerprint density at radius 1 is 1.12 bits per heavy atom. The fourth-order valence-corrected chi connectivity index (χ4v) is 1.93. The first kappa shape index (κ1) is 17.8. The van der Waals surface area contributed by atoms with E-state index in [4.69, 9.17) is 32.7 Å². The summed E-state index contributed by atoms with van der Waals surface area (Å²) in [6.07, 6.45) is 1.13. The van der Waals surface area contributed by atoms with Gasteiger partial charge in [0.25, 0.3) is 5.91 Å². The van der Waals surface area contributed by atoms with E-state index in [1.165, 1.54) is 6.07 Å². The van der Waals surface area contributed by atoms with E-state index in [1.54, 1.807) is 12.1 Å². The zero-order valence-corrected chi connectivity index (χ0v) is 13.5. The Kier molecular flexibility index (Phi) is 5.78. The summed E-state index contributed by atoms with van der Waals surface area (Å²) >= 11 is 11.7. The van der Waals surface area contributed by atoms with Crippen LogP contribution < -0.4 is 10.6 Å². The predicted octanol–water partition coefficient (Wildman–Crippen LogP) is 1.58. The van der Waals surface area contributed by atoms with Crippen molar-refractivity contribution >= 4 is 41.0 Å². The van der Waals surface area contributed by atoms with E-state index in [2.05, 4.69) is 15.6 Å². The molecule has 0 fully saturated rings. The van der Waals surface area contributed by atoms with Gasteiger partial charge in [0.05, 0.1) is 16.6 Å². The topological polar surface area (TPSA) is 122 Å². The first-order valence-electron chi connectivity index (χ1n) is 6.54. The number of aliphatic carboxylic acids is 1. The molecule has 2 aromatic rings. The van der Waals surface area contributed by atoms with Crippen LogP contribution in [0.15, 0.2) is 28.9 Å². The molecule has 0 aliphatic carbocycles. The number of aromatic nitrogens is 1. The van der Waals surface area contributed by atoms with Gasteiger partial charge >= 0.3 is 5.97 Å². The molecule has 1 heterocycles. The second-order valence-corrected chi connectivity index (χ2v) is 5.33. The lowest BCUT2D eigenvalue weighted by Gasteiger charge is -2.03. The second kappa shape index (κ2) is 7.80. The first-order chi connectivity index (χ1) is 11.4. The van der Waals surface area contributed by atoms with Crippen LogP contribution in [-0.4, -0.2) is 41.0 Å². The highest BCUT2D eigenvalue weighted by Crippen LogP contribution is 2.28. The van der Waals surface area contributed by atoms with Crippen molar-refractivity contribution in [3.8, 4) is 11.5 Å². The summed E-state index contributed by atoms with van der Waals surface area (Å²) in [5.41, 5.74) is 0.491. The normalized spacial score (nSPS) is 10.2. The van der Waals surface area contributed by atoms with Gasteiger partial charge in [0.15, 0.2) is 5.69 Å². The molecule has 0 bridgehead atoms. The average Bonchev–Trinajstić information content (AvgIpc) is 3.03. The lowest BCUT2D eigenvalue weighted by atomic mass is 10.2. The summed E-state index contributed by atoms with van der Waals surface area (Å²) in [5.74, 6) is -2.30. The van der Waals surface area contributed by atoms with Crippen LogP contribution in [0, 0.1) is 0 Å². The molecule has 0 atom stereocenters. The highest BCUT2D eigenvalue weighted by molar-refractivity contribution is 6.42. The van der Waals surface area contributed by atoms with Crippen molar-refractivity contribution in [3.63, 3.8) is 0 Å². The third kappa shape index (κ3) is 4.71. The van der Waals surface area contributed by atoms with Crippen LogP contribution in [0.2, 0.25) is 10.0 Å². The van der Waals surface area contributed by atoms with Gasteiger partial charge in [-0.2, -0.15) is 0 Å². The molecule has 8 nitrogen and oxygen atoms in total. The Morgan fingerprint density at radius 2 is 1.88 bits per heavy atom. The molecule has 0 saturated carbocycles. The summed E-state index contributed by atoms with van der Waals surface area (Å²) in [6, 6.07) is 4.73. The highest BCUT2D eigenvalue weighted by atomic mass is 35.5. The largest absolute Gasteiger partial charge is 0.480 e. The van der Waals surface area contributed by atoms with Gasteiger partial charge in [-0.05, 0) is 18.2 Å². The van der Waals surface area contributed by atoms with Gasteiger partial charge < -0.3 is 20.2 Å². The van der Waals surface area contributed by atoms with Crippen molar-refractivity contribution in [1.29, 1.82) is 0 Å². The van der Waals surface area contributed by atoms with Gasteiger partial charge in [-0.1, -0.05) is 23.2 Å². The number of halogens is 2. The Balaban J connectivity index is 1.97. The smallest absolute Gasteiger partial charge is 0.322 e. The molecule has 1 aromatic heterocycles. The van der Waals surface area contributed by atoms with E-state index < -0.39 is 24.3 Å². The Morgan fingerprint density at radius 3 is 2.54 bits per heavy atom. The van der Waals surface area contributed by atoms with Gasteiger partial charge in [0.1, 0.15) is 12.8 Å². The van der Waals surface area contributed by atoms with Crippen LogP contribution in [0.25, 0.3) is 11.5 Å². The Hall–Kier alpha value is -2.58. The molecule has 0 saturated heterocycles. The van der Waals surface area contributed by atoms with Gasteiger partial charge in [0.2, 0.25) is 11.8 Å². The lowest BCUT2D eigenvalue weighted by molar-refractivity contribution is -0.137. The van der Waals surface area contributed by atoms with Crippen molar-refractivity contribution in [1.82, 2.24) is 15.6 Å². The second-order valence-electron chi connectivity index (χ2n) is 4.52. The number of carbonyl (C=O) groups is 3. The lowest BCUT2D eigenvalue weighted by Crippen LogP contribution is -2.39. The molecular weight excluding hydrogens is 361 g/mol. The summed E-state index contributed by atoms with van der Waals surface area (Å²) in [6.45, 7) is -0.915. The minimum Gasteiger partial charge on any atom is -0.480 e. The zero-order valence-electron chi connectivity index (χ0n) is 12.0. The van der Waals surface area contributed by atoms with Crippen LogP contribution in [0.4, 0.5) is 0 Å². The van der Waals surface area contributed by atoms with Gasteiger partial charge in [-0.15, -0.1) is 0 Å². The number of rotatable bonds is 6. The van der Waals surface area contributed by atoms with Crippen LogP contribution in [-0.2, 0) is 9.59 Å². The molecule has 0 radical (unpaired) electrons. The number of nitrogens with zero attached hydrogens (tertiary/aromatic N) is 1. The maximum Gasteiger partial charge on any atom is 0.322 e. The molecule has 2 amide bonds. The van der Waals surface area contributed by atoms with E-state index in [-0.39, 0.29) is 18.1 Å². The number of carboxylic acid groups (broad SMARTS) is 1. The summed E-state index contributed by atoms with van der Waals surface area (Å²) in [5, 5.41) is 13.5. The van der Waals surface area contributed by atoms with Crippen molar-refractivity contribution in [3.05, 3.63) is 40.2 Å². The Labute approximate surface area is 145 Å². The first-order valence-corrected chi connectivity index (χ1v) is 7.30. The average molecular weight is 372 g/mol. The molecule has 0 aliphatic rings. The standard InChI is InChI=1S/C14H11Cl2N3O5/c15-8-2-1-7(3-9(8)16)14-19-10(6-24-14)13(23)18-4-11(20)17-5-12(21)22/h1-3,6H,4-5H2,(H,17,20)(H,18,23)(H,21,22). The molecule has 2 rings (SSSR count). The van der Waals surface area contributed by atoms with Crippen LogP contribution in [0.3, 0.4) is 0 Å². The van der Waals surface area contributed by atoms with Crippen molar-refractivity contribution in [2.24, 2.45) is 0 Å². The fourth-order valence-electron chi connectivity index (χ4n) is 1.63. The summed E-state index contributed by atoms with van der Waals surface area (Å²) in [7, 11) is 0. The highest BCUT2D eigenvalue weighted by Gasteiger charge is 2.15. The number of nitrogens with one attached hydrogen (secondary N) is 2. The van der Waals surface area contributed by atoms with Crippen molar-refractivity contribution in [2.75, 3.05) is 13.1 Å². The monoisotopic (exact) mass is 371 g/mol.